The fraction of sp³-hybridized carbons (Fsp3) is 0.417. The van der Waals surface area contributed by atoms with Gasteiger partial charge in [0.1, 0.15) is 17.1 Å². The largest absolute Gasteiger partial charge is 0.493 e. The summed E-state index contributed by atoms with van der Waals surface area (Å²) >= 11 is 0. The molecule has 0 aliphatic heterocycles. The summed E-state index contributed by atoms with van der Waals surface area (Å²) in [4.78, 5) is 25.0. The first-order valence-electron chi connectivity index (χ1n) is 10.6. The zero-order valence-electron chi connectivity index (χ0n) is 18.9. The summed E-state index contributed by atoms with van der Waals surface area (Å²) in [5.41, 5.74) is -1.69. The minimum Gasteiger partial charge on any atom is -0.493 e. The Labute approximate surface area is 188 Å². The van der Waals surface area contributed by atoms with E-state index in [4.69, 9.17) is 13.6 Å². The topological polar surface area (TPSA) is 78.9 Å². The van der Waals surface area contributed by atoms with Gasteiger partial charge in [0, 0.05) is 11.1 Å². The van der Waals surface area contributed by atoms with Crippen LogP contribution in [0.4, 0.5) is 13.2 Å². The van der Waals surface area contributed by atoms with Crippen LogP contribution in [0.2, 0.25) is 0 Å². The van der Waals surface area contributed by atoms with Crippen molar-refractivity contribution in [3.8, 4) is 16.9 Å². The van der Waals surface area contributed by atoms with Gasteiger partial charge in [0.25, 0.3) is 0 Å². The molecule has 9 heteroatoms. The molecule has 0 atom stereocenters. The quantitative estimate of drug-likeness (QED) is 0.281. The number of rotatable bonds is 8. The van der Waals surface area contributed by atoms with Gasteiger partial charge in [-0.2, -0.15) is 13.2 Å². The van der Waals surface area contributed by atoms with Crippen LogP contribution in [0.15, 0.2) is 31.8 Å². The number of carbonyl (C=O) groups is 1. The van der Waals surface area contributed by atoms with Gasteiger partial charge >= 0.3 is 12.1 Å². The van der Waals surface area contributed by atoms with Gasteiger partial charge in [-0.05, 0) is 38.5 Å². The van der Waals surface area contributed by atoms with E-state index in [9.17, 15) is 22.8 Å². The summed E-state index contributed by atoms with van der Waals surface area (Å²) in [6.45, 7) is 5.40. The number of fused-ring (bicyclic) bond motifs is 1. The molecule has 6 nitrogen and oxygen atoms in total. The van der Waals surface area contributed by atoms with Gasteiger partial charge in [0.15, 0.2) is 0 Å². The van der Waals surface area contributed by atoms with Crippen molar-refractivity contribution < 1.29 is 36.3 Å². The van der Waals surface area contributed by atoms with Gasteiger partial charge in [-0.3, -0.25) is 4.79 Å². The number of hydrogen-bond donors (Lipinski definition) is 0. The van der Waals surface area contributed by atoms with Crippen LogP contribution in [0.3, 0.4) is 0 Å². The molecule has 0 unspecified atom stereocenters. The molecule has 0 N–H and O–H groups in total. The molecule has 33 heavy (non-hydrogen) atoms. The molecule has 2 heterocycles. The Bertz CT molecular complexity index is 1220. The van der Waals surface area contributed by atoms with Crippen molar-refractivity contribution in [1.82, 2.24) is 0 Å². The number of carbonyl (C=O) groups excluding carboxylic acids is 1. The first-order valence-corrected chi connectivity index (χ1v) is 10.6. The minimum absolute atomic E-state index is 0.0333. The summed E-state index contributed by atoms with van der Waals surface area (Å²) in [6.07, 6.45) is -1.04. The van der Waals surface area contributed by atoms with Crippen molar-refractivity contribution in [3.63, 3.8) is 0 Å². The fourth-order valence-electron chi connectivity index (χ4n) is 3.62. The van der Waals surface area contributed by atoms with Crippen molar-refractivity contribution in [3.05, 3.63) is 51.3 Å². The maximum atomic E-state index is 14.0. The van der Waals surface area contributed by atoms with Crippen LogP contribution in [0, 0.1) is 13.8 Å². The molecule has 3 rings (SSSR count). The molecule has 2 aromatic heterocycles. The number of alkyl halides is 3. The Morgan fingerprint density at radius 1 is 1.09 bits per heavy atom. The van der Waals surface area contributed by atoms with Crippen LogP contribution in [0.1, 0.15) is 60.2 Å². The summed E-state index contributed by atoms with van der Waals surface area (Å²) in [6, 6.07) is 3.98. The maximum absolute atomic E-state index is 14.0. The first kappa shape index (κ1) is 24.4. The molecule has 0 radical (unpaired) electrons. The zero-order chi connectivity index (χ0) is 24.3. The van der Waals surface area contributed by atoms with Gasteiger partial charge in [0.2, 0.25) is 16.9 Å². The van der Waals surface area contributed by atoms with E-state index in [0.717, 1.165) is 38.9 Å². The van der Waals surface area contributed by atoms with Crippen LogP contribution >= 0.6 is 0 Å². The number of methoxy groups -OCH3 is 1. The third-order valence-electron chi connectivity index (χ3n) is 5.35. The van der Waals surface area contributed by atoms with Crippen molar-refractivity contribution in [2.45, 2.75) is 52.6 Å². The average Bonchev–Trinajstić information content (AvgIpc) is 3.15. The lowest BCUT2D eigenvalue weighted by Crippen LogP contribution is -2.16. The lowest BCUT2D eigenvalue weighted by molar-refractivity contribution is -0.152. The van der Waals surface area contributed by atoms with Gasteiger partial charge < -0.3 is 18.3 Å². The van der Waals surface area contributed by atoms with Crippen molar-refractivity contribution >= 4 is 16.9 Å². The second-order valence-electron chi connectivity index (χ2n) is 7.68. The Morgan fingerprint density at radius 2 is 1.82 bits per heavy atom. The van der Waals surface area contributed by atoms with Crippen molar-refractivity contribution in [2.75, 3.05) is 13.7 Å². The number of esters is 1. The lowest BCUT2D eigenvalue weighted by Gasteiger charge is -2.15. The van der Waals surface area contributed by atoms with Gasteiger partial charge in [-0.15, -0.1) is 0 Å². The number of benzene rings is 1. The highest BCUT2D eigenvalue weighted by atomic mass is 19.4. The third kappa shape index (κ3) is 4.91. The van der Waals surface area contributed by atoms with Crippen LogP contribution in [-0.4, -0.2) is 19.7 Å². The van der Waals surface area contributed by atoms with Crippen LogP contribution in [-0.2, 0) is 10.9 Å². The molecule has 0 saturated heterocycles. The van der Waals surface area contributed by atoms with E-state index < -0.39 is 28.9 Å². The van der Waals surface area contributed by atoms with E-state index >= 15 is 0 Å². The molecule has 178 valence electrons. The molecule has 1 aromatic carbocycles. The molecular formula is C24H25F3O6. The molecular weight excluding hydrogens is 441 g/mol. The van der Waals surface area contributed by atoms with Crippen molar-refractivity contribution in [1.29, 1.82) is 0 Å². The number of ether oxygens (including phenoxy) is 2. The van der Waals surface area contributed by atoms with Crippen LogP contribution in [0.5, 0.6) is 5.75 Å². The molecule has 0 bridgehead atoms. The second kappa shape index (κ2) is 9.72. The lowest BCUT2D eigenvalue weighted by atomic mass is 10.0. The highest BCUT2D eigenvalue weighted by Gasteiger charge is 2.40. The second-order valence-corrected chi connectivity index (χ2v) is 7.68. The first-order chi connectivity index (χ1) is 15.6. The molecule has 0 aliphatic rings. The molecule has 0 amide bonds. The molecule has 0 saturated carbocycles. The summed E-state index contributed by atoms with van der Waals surface area (Å²) in [5.74, 6) is -2.35. The summed E-state index contributed by atoms with van der Waals surface area (Å²) in [5, 5.41) is -0.0333. The van der Waals surface area contributed by atoms with Crippen LogP contribution < -0.4 is 10.2 Å². The Kier molecular flexibility index (Phi) is 7.19. The number of hydrogen-bond acceptors (Lipinski definition) is 6. The van der Waals surface area contributed by atoms with E-state index in [0.29, 0.717) is 17.9 Å². The molecule has 0 fully saturated rings. The normalized spacial score (nSPS) is 11.7. The third-order valence-corrected chi connectivity index (χ3v) is 5.35. The number of halogens is 3. The minimum atomic E-state index is -4.97. The van der Waals surface area contributed by atoms with Crippen LogP contribution in [0.25, 0.3) is 22.1 Å². The Hall–Kier alpha value is -3.23. The van der Waals surface area contributed by atoms with E-state index in [-0.39, 0.29) is 28.1 Å². The monoisotopic (exact) mass is 466 g/mol. The van der Waals surface area contributed by atoms with Gasteiger partial charge in [-0.25, -0.2) is 4.79 Å². The van der Waals surface area contributed by atoms with Crippen molar-refractivity contribution in [2.24, 2.45) is 0 Å². The standard InChI is InChI=1S/C24H25F3O6/c1-5-6-7-8-11-31-17-10-9-15-20(28)19(16-12-18(23(29)30-4)32-14(16)3)22(24(25,26)27)33-21(15)13(17)2/h9-10,12H,5-8,11H2,1-4H3. The highest BCUT2D eigenvalue weighted by molar-refractivity contribution is 5.91. The Morgan fingerprint density at radius 3 is 2.45 bits per heavy atom. The smallest absolute Gasteiger partial charge is 0.450 e. The molecule has 3 aromatic rings. The summed E-state index contributed by atoms with van der Waals surface area (Å²) in [7, 11) is 1.11. The maximum Gasteiger partial charge on any atom is 0.450 e. The fourth-order valence-corrected chi connectivity index (χ4v) is 3.62. The number of unbranched alkanes of at least 4 members (excludes halogenated alkanes) is 3. The Balaban J connectivity index is 2.16. The van der Waals surface area contributed by atoms with Gasteiger partial charge in [-0.1, -0.05) is 26.2 Å². The van der Waals surface area contributed by atoms with E-state index in [1.807, 2.05) is 0 Å². The average molecular weight is 466 g/mol. The van der Waals surface area contributed by atoms with E-state index in [1.165, 1.54) is 13.0 Å². The summed E-state index contributed by atoms with van der Waals surface area (Å²) < 4.78 is 62.7. The van der Waals surface area contributed by atoms with Gasteiger partial charge in [0.05, 0.1) is 24.7 Å². The predicted octanol–water partition coefficient (Wildman–Crippen LogP) is 6.43. The predicted molar refractivity (Wildman–Crippen MR) is 116 cm³/mol. The zero-order valence-corrected chi connectivity index (χ0v) is 18.9. The highest BCUT2D eigenvalue weighted by Crippen LogP contribution is 2.40. The SMILES string of the molecule is CCCCCCOc1ccc2c(=O)c(-c3cc(C(=O)OC)oc3C)c(C(F)(F)F)oc2c1C. The number of aryl methyl sites for hydroxylation is 2. The molecule has 0 aliphatic carbocycles. The van der Waals surface area contributed by atoms with E-state index in [1.54, 1.807) is 13.0 Å². The van der Waals surface area contributed by atoms with E-state index in [2.05, 4.69) is 11.7 Å². The number of furan rings is 1. The molecule has 0 spiro atoms.